The fraction of sp³-hybridized carbons (Fsp3) is 0.750. The minimum absolute atomic E-state index is 0.0212. The summed E-state index contributed by atoms with van der Waals surface area (Å²) in [5, 5.41) is 0. The van der Waals surface area contributed by atoms with Crippen molar-refractivity contribution in [3.8, 4) is 0 Å². The molecule has 8 heteroatoms. The molecule has 0 saturated carbocycles. The van der Waals surface area contributed by atoms with Crippen LogP contribution in [0, 0.1) is 0 Å². The Bertz CT molecular complexity index is 376. The van der Waals surface area contributed by atoms with Crippen LogP contribution in [0.5, 0.6) is 0 Å². The Morgan fingerprint density at radius 1 is 1.45 bits per heavy atom. The third-order valence-electron chi connectivity index (χ3n) is 2.62. The van der Waals surface area contributed by atoms with E-state index in [4.69, 9.17) is 4.74 Å². The van der Waals surface area contributed by atoms with Crippen molar-refractivity contribution in [1.29, 1.82) is 0 Å². The third kappa shape index (κ3) is 7.74. The molecule has 1 unspecified atom stereocenters. The molecule has 1 aliphatic rings. The molecule has 1 saturated heterocycles. The Morgan fingerprint density at radius 3 is 2.60 bits per heavy atom. The predicted molar refractivity (Wildman–Crippen MR) is 84.6 cm³/mol. The van der Waals surface area contributed by atoms with Gasteiger partial charge in [0.05, 0.1) is 6.16 Å². The maximum absolute atomic E-state index is 11.7. The number of carbonyl (C=O) groups excluding carboxylic acids is 1. The average molecular weight is 340 g/mol. The van der Waals surface area contributed by atoms with Crippen molar-refractivity contribution in [3.63, 3.8) is 0 Å². The van der Waals surface area contributed by atoms with Gasteiger partial charge in [0.2, 0.25) is 0 Å². The lowest BCUT2D eigenvalue weighted by molar-refractivity contribution is -0.146. The summed E-state index contributed by atoms with van der Waals surface area (Å²) >= 11 is 3.45. The van der Waals surface area contributed by atoms with Crippen LogP contribution in [0.2, 0.25) is 0 Å². The molecule has 0 bridgehead atoms. The van der Waals surface area contributed by atoms with Crippen molar-refractivity contribution >= 4 is 37.1 Å². The zero-order valence-corrected chi connectivity index (χ0v) is 14.1. The van der Waals surface area contributed by atoms with Gasteiger partial charge < -0.3 is 14.2 Å². The van der Waals surface area contributed by atoms with E-state index in [-0.39, 0.29) is 24.7 Å². The van der Waals surface area contributed by atoms with Crippen molar-refractivity contribution in [2.24, 2.45) is 0 Å². The van der Waals surface area contributed by atoms with Crippen molar-refractivity contribution < 1.29 is 23.5 Å². The predicted octanol–water partition coefficient (Wildman–Crippen LogP) is 2.55. The van der Waals surface area contributed by atoms with Gasteiger partial charge in [0.25, 0.3) is 0 Å². The van der Waals surface area contributed by atoms with E-state index in [1.54, 1.807) is 23.5 Å². The Labute approximate surface area is 128 Å². The van der Waals surface area contributed by atoms with E-state index in [1.165, 1.54) is 12.7 Å². The van der Waals surface area contributed by atoms with Crippen LogP contribution in [-0.2, 0) is 18.6 Å². The molecular weight excluding hydrogens is 319 g/mol. The third-order valence-corrected chi connectivity index (χ3v) is 6.52. The molecular formula is C12H21O5PS2. The van der Waals surface area contributed by atoms with Crippen LogP contribution in [0.3, 0.4) is 0 Å². The molecule has 0 aliphatic carbocycles. The van der Waals surface area contributed by atoms with Gasteiger partial charge >= 0.3 is 13.6 Å². The van der Waals surface area contributed by atoms with Gasteiger partial charge in [-0.05, 0) is 6.42 Å². The lowest BCUT2D eigenvalue weighted by Crippen LogP contribution is -2.25. The number of rotatable bonds is 6. The van der Waals surface area contributed by atoms with Crippen LogP contribution in [0.4, 0.5) is 0 Å². The molecule has 1 N–H and O–H groups in total. The highest BCUT2D eigenvalue weighted by Gasteiger charge is 2.20. The molecule has 0 radical (unpaired) electrons. The van der Waals surface area contributed by atoms with E-state index in [9.17, 15) is 14.3 Å². The molecule has 1 fully saturated rings. The van der Waals surface area contributed by atoms with Crippen LogP contribution >= 0.6 is 31.1 Å². The van der Waals surface area contributed by atoms with E-state index in [1.807, 2.05) is 0 Å². The molecule has 0 aromatic heterocycles. The fourth-order valence-electron chi connectivity index (χ4n) is 1.59. The summed E-state index contributed by atoms with van der Waals surface area (Å²) in [6.07, 6.45) is 0.331. The Balaban J connectivity index is 2.24. The summed E-state index contributed by atoms with van der Waals surface area (Å²) in [6, 6.07) is 0. The lowest BCUT2D eigenvalue weighted by Gasteiger charge is -2.20. The molecule has 1 aliphatic heterocycles. The van der Waals surface area contributed by atoms with Gasteiger partial charge in [0, 0.05) is 36.5 Å². The first-order chi connectivity index (χ1) is 9.43. The molecule has 20 heavy (non-hydrogen) atoms. The average Bonchev–Trinajstić information content (AvgIpc) is 2.35. The summed E-state index contributed by atoms with van der Waals surface area (Å²) in [6.45, 7) is 3.96. The highest BCUT2D eigenvalue weighted by Crippen LogP contribution is 2.41. The van der Waals surface area contributed by atoms with Gasteiger partial charge in [-0.3, -0.25) is 9.36 Å². The number of ether oxygens (including phenoxy) is 1. The summed E-state index contributed by atoms with van der Waals surface area (Å²) in [5.74, 6) is 3.04. The van der Waals surface area contributed by atoms with Crippen LogP contribution < -0.4 is 0 Å². The first-order valence-corrected chi connectivity index (χ1v) is 10.4. The van der Waals surface area contributed by atoms with Gasteiger partial charge in [-0.25, -0.2) is 0 Å². The van der Waals surface area contributed by atoms with E-state index >= 15 is 0 Å². The molecule has 1 heterocycles. The second kappa shape index (κ2) is 9.15. The maximum Gasteiger partial charge on any atom is 0.327 e. The SMILES string of the molecule is C=C1CSCC(OC(=O)CCCP(=O)(O)OC)CSC1. The number of esters is 1. The highest BCUT2D eigenvalue weighted by atomic mass is 32.2. The van der Waals surface area contributed by atoms with Crippen molar-refractivity contribution in [2.75, 3.05) is 36.3 Å². The van der Waals surface area contributed by atoms with Crippen LogP contribution in [-0.4, -0.2) is 53.2 Å². The van der Waals surface area contributed by atoms with Crippen molar-refractivity contribution in [1.82, 2.24) is 0 Å². The monoisotopic (exact) mass is 340 g/mol. The molecule has 0 aromatic rings. The van der Waals surface area contributed by atoms with E-state index in [2.05, 4.69) is 11.1 Å². The number of carbonyl (C=O) groups is 1. The Kier molecular flexibility index (Phi) is 8.29. The highest BCUT2D eigenvalue weighted by molar-refractivity contribution is 8.01. The lowest BCUT2D eigenvalue weighted by atomic mass is 10.3. The second-order valence-electron chi connectivity index (χ2n) is 4.54. The minimum Gasteiger partial charge on any atom is -0.461 e. The number of thioether (sulfide) groups is 2. The smallest absolute Gasteiger partial charge is 0.327 e. The first-order valence-electron chi connectivity index (χ1n) is 6.32. The topological polar surface area (TPSA) is 72.8 Å². The molecule has 1 rings (SSSR count). The zero-order chi connectivity index (χ0) is 15.0. The van der Waals surface area contributed by atoms with Gasteiger partial charge in [0.1, 0.15) is 6.10 Å². The maximum atomic E-state index is 11.7. The van der Waals surface area contributed by atoms with Crippen molar-refractivity contribution in [2.45, 2.75) is 18.9 Å². The quantitative estimate of drug-likeness (QED) is 0.452. The number of hydrogen-bond donors (Lipinski definition) is 1. The summed E-state index contributed by atoms with van der Waals surface area (Å²) in [4.78, 5) is 20.9. The van der Waals surface area contributed by atoms with E-state index in [0.717, 1.165) is 23.0 Å². The van der Waals surface area contributed by atoms with Crippen LogP contribution in [0.1, 0.15) is 12.8 Å². The van der Waals surface area contributed by atoms with Gasteiger partial charge in [0.15, 0.2) is 0 Å². The molecule has 1 atom stereocenters. The standard InChI is InChI=1S/C12H21O5PS2/c1-10-6-19-8-11(9-20-7-10)17-12(13)4-3-5-18(14,15)16-2/h11H,1,3-9H2,2H3,(H,14,15). The summed E-state index contributed by atoms with van der Waals surface area (Å²) in [7, 11) is -2.33. The van der Waals surface area contributed by atoms with Crippen LogP contribution in [0.15, 0.2) is 12.2 Å². The largest absolute Gasteiger partial charge is 0.461 e. The summed E-state index contributed by atoms with van der Waals surface area (Å²) in [5.41, 5.74) is 1.21. The second-order valence-corrected chi connectivity index (χ2v) is 8.69. The number of hydrogen-bond acceptors (Lipinski definition) is 6. The fourth-order valence-corrected chi connectivity index (χ4v) is 4.52. The van der Waals surface area contributed by atoms with Gasteiger partial charge in [-0.15, -0.1) is 0 Å². The van der Waals surface area contributed by atoms with E-state index < -0.39 is 7.60 Å². The van der Waals surface area contributed by atoms with Gasteiger partial charge in [-0.1, -0.05) is 12.2 Å². The van der Waals surface area contributed by atoms with Crippen LogP contribution in [0.25, 0.3) is 0 Å². The first kappa shape index (κ1) is 18.1. The Morgan fingerprint density at radius 2 is 2.05 bits per heavy atom. The normalized spacial score (nSPS) is 20.8. The van der Waals surface area contributed by atoms with E-state index in [0.29, 0.717) is 6.42 Å². The summed E-state index contributed by atoms with van der Waals surface area (Å²) < 4.78 is 21.1. The minimum atomic E-state index is -3.52. The molecule has 0 aromatic carbocycles. The molecule has 116 valence electrons. The molecule has 0 amide bonds. The van der Waals surface area contributed by atoms with Crippen molar-refractivity contribution in [3.05, 3.63) is 12.2 Å². The molecule has 5 nitrogen and oxygen atoms in total. The zero-order valence-electron chi connectivity index (χ0n) is 11.6. The Hall–Kier alpha value is 0.0600. The molecule has 0 spiro atoms. The van der Waals surface area contributed by atoms with Gasteiger partial charge in [-0.2, -0.15) is 23.5 Å².